The van der Waals surface area contributed by atoms with E-state index >= 15 is 0 Å². The van der Waals surface area contributed by atoms with Gasteiger partial charge in [0.05, 0.1) is 6.04 Å². The van der Waals surface area contributed by atoms with Gasteiger partial charge in [0.15, 0.2) is 0 Å². The standard InChI is InChI=1S/C14H16N2O3/c1-9(10-7-5-4-6-8-10)16-12(18)14(2,3)11(17)15-13(16)19/h4-9H,1-3H3,(H,15,17,19). The second kappa shape index (κ2) is 4.50. The van der Waals surface area contributed by atoms with Crippen LogP contribution in [-0.4, -0.2) is 22.7 Å². The summed E-state index contributed by atoms with van der Waals surface area (Å²) in [7, 11) is 0. The summed E-state index contributed by atoms with van der Waals surface area (Å²) in [5.41, 5.74) is -0.382. The van der Waals surface area contributed by atoms with Crippen molar-refractivity contribution >= 4 is 17.8 Å². The van der Waals surface area contributed by atoms with Crippen molar-refractivity contribution in [3.8, 4) is 0 Å². The largest absolute Gasteiger partial charge is 0.331 e. The molecule has 1 fully saturated rings. The van der Waals surface area contributed by atoms with Crippen molar-refractivity contribution in [2.45, 2.75) is 26.8 Å². The van der Waals surface area contributed by atoms with Crippen LogP contribution in [0.2, 0.25) is 0 Å². The Labute approximate surface area is 111 Å². The summed E-state index contributed by atoms with van der Waals surface area (Å²) < 4.78 is 0. The maximum absolute atomic E-state index is 12.3. The van der Waals surface area contributed by atoms with Gasteiger partial charge in [0.2, 0.25) is 11.8 Å². The molecule has 1 aliphatic rings. The van der Waals surface area contributed by atoms with Crippen LogP contribution in [0.5, 0.6) is 0 Å². The Bertz CT molecular complexity index is 537. The van der Waals surface area contributed by atoms with E-state index in [-0.39, 0.29) is 0 Å². The van der Waals surface area contributed by atoms with Gasteiger partial charge in [-0.3, -0.25) is 19.8 Å². The highest BCUT2D eigenvalue weighted by Crippen LogP contribution is 2.30. The molecule has 1 heterocycles. The lowest BCUT2D eigenvalue weighted by atomic mass is 9.87. The number of nitrogens with zero attached hydrogens (tertiary/aromatic N) is 1. The molecule has 0 bridgehead atoms. The molecule has 5 nitrogen and oxygen atoms in total. The highest BCUT2D eigenvalue weighted by Gasteiger charge is 2.48. The fraction of sp³-hybridized carbons (Fsp3) is 0.357. The van der Waals surface area contributed by atoms with Crippen LogP contribution >= 0.6 is 0 Å². The van der Waals surface area contributed by atoms with E-state index in [4.69, 9.17) is 0 Å². The second-order valence-corrected chi connectivity index (χ2v) is 5.15. The van der Waals surface area contributed by atoms with E-state index in [1.54, 1.807) is 6.92 Å². The van der Waals surface area contributed by atoms with Crippen molar-refractivity contribution in [3.05, 3.63) is 35.9 Å². The van der Waals surface area contributed by atoms with E-state index < -0.39 is 29.3 Å². The van der Waals surface area contributed by atoms with Gasteiger partial charge in [-0.25, -0.2) is 4.79 Å². The molecule has 0 aromatic heterocycles. The predicted octanol–water partition coefficient (Wildman–Crippen LogP) is 1.85. The molecule has 0 aliphatic carbocycles. The first-order chi connectivity index (χ1) is 8.85. The molecule has 2 rings (SSSR count). The van der Waals surface area contributed by atoms with Crippen LogP contribution in [0.1, 0.15) is 32.4 Å². The van der Waals surface area contributed by atoms with Crippen molar-refractivity contribution < 1.29 is 14.4 Å². The van der Waals surface area contributed by atoms with Gasteiger partial charge in [0.25, 0.3) is 0 Å². The van der Waals surface area contributed by atoms with Gasteiger partial charge in [0, 0.05) is 0 Å². The van der Waals surface area contributed by atoms with Crippen molar-refractivity contribution in [1.29, 1.82) is 0 Å². The van der Waals surface area contributed by atoms with E-state index in [0.717, 1.165) is 10.5 Å². The Hall–Kier alpha value is -2.17. The molecule has 0 saturated carbocycles. The molecule has 4 amide bonds. The molecule has 0 radical (unpaired) electrons. The van der Waals surface area contributed by atoms with Gasteiger partial charge in [-0.15, -0.1) is 0 Å². The highest BCUT2D eigenvalue weighted by molar-refractivity contribution is 6.18. The number of imide groups is 2. The van der Waals surface area contributed by atoms with Crippen molar-refractivity contribution in [1.82, 2.24) is 10.2 Å². The number of urea groups is 1. The topological polar surface area (TPSA) is 66.5 Å². The lowest BCUT2D eigenvalue weighted by Gasteiger charge is -2.37. The van der Waals surface area contributed by atoms with E-state index in [2.05, 4.69) is 5.32 Å². The zero-order chi connectivity index (χ0) is 14.2. The maximum atomic E-state index is 12.3. The summed E-state index contributed by atoms with van der Waals surface area (Å²) in [6, 6.07) is 8.15. The third kappa shape index (κ3) is 2.12. The summed E-state index contributed by atoms with van der Waals surface area (Å²) in [6.07, 6.45) is 0. The predicted molar refractivity (Wildman–Crippen MR) is 69.0 cm³/mol. The first-order valence-corrected chi connectivity index (χ1v) is 6.09. The molecule has 1 aromatic carbocycles. The molecule has 0 spiro atoms. The first kappa shape index (κ1) is 13.3. The van der Waals surface area contributed by atoms with Crippen LogP contribution in [0.25, 0.3) is 0 Å². The van der Waals surface area contributed by atoms with Gasteiger partial charge in [-0.05, 0) is 26.3 Å². The van der Waals surface area contributed by atoms with Gasteiger partial charge in [-0.1, -0.05) is 30.3 Å². The van der Waals surface area contributed by atoms with Crippen LogP contribution in [0.3, 0.4) is 0 Å². The number of carbonyl (C=O) groups is 3. The Morgan fingerprint density at radius 3 is 2.26 bits per heavy atom. The van der Waals surface area contributed by atoms with Crippen molar-refractivity contribution in [3.63, 3.8) is 0 Å². The number of benzene rings is 1. The van der Waals surface area contributed by atoms with Gasteiger partial charge < -0.3 is 0 Å². The fourth-order valence-corrected chi connectivity index (χ4v) is 2.04. The molecule has 1 aromatic rings. The lowest BCUT2D eigenvalue weighted by Crippen LogP contribution is -2.62. The normalized spacial score (nSPS) is 20.2. The molecule has 1 aliphatic heterocycles. The van der Waals surface area contributed by atoms with E-state index in [0.29, 0.717) is 0 Å². The summed E-state index contributed by atoms with van der Waals surface area (Å²) in [6.45, 7) is 4.79. The zero-order valence-electron chi connectivity index (χ0n) is 11.1. The smallest absolute Gasteiger partial charge is 0.277 e. The molecule has 1 atom stereocenters. The van der Waals surface area contributed by atoms with E-state index in [9.17, 15) is 14.4 Å². The monoisotopic (exact) mass is 260 g/mol. The van der Waals surface area contributed by atoms with Crippen LogP contribution in [0.4, 0.5) is 4.79 Å². The van der Waals surface area contributed by atoms with Gasteiger partial charge >= 0.3 is 6.03 Å². The zero-order valence-corrected chi connectivity index (χ0v) is 11.1. The lowest BCUT2D eigenvalue weighted by molar-refractivity contribution is -0.150. The van der Waals surface area contributed by atoms with E-state index in [1.165, 1.54) is 13.8 Å². The minimum atomic E-state index is -1.23. The third-order valence-corrected chi connectivity index (χ3v) is 3.43. The average Bonchev–Trinajstić information content (AvgIpc) is 2.38. The molecule has 1 saturated heterocycles. The van der Waals surface area contributed by atoms with Gasteiger partial charge in [-0.2, -0.15) is 0 Å². The number of carbonyl (C=O) groups excluding carboxylic acids is 3. The molecular formula is C14H16N2O3. The molecule has 5 heteroatoms. The summed E-state index contributed by atoms with van der Waals surface area (Å²) in [5, 5.41) is 2.23. The Kier molecular flexibility index (Phi) is 3.14. The molecular weight excluding hydrogens is 244 g/mol. The molecule has 1 N–H and O–H groups in total. The maximum Gasteiger partial charge on any atom is 0.331 e. The minimum absolute atomic E-state index is 0.416. The number of nitrogens with one attached hydrogen (secondary N) is 1. The summed E-state index contributed by atoms with van der Waals surface area (Å²) >= 11 is 0. The minimum Gasteiger partial charge on any atom is -0.277 e. The fourth-order valence-electron chi connectivity index (χ4n) is 2.04. The molecule has 100 valence electrons. The van der Waals surface area contributed by atoms with Crippen LogP contribution < -0.4 is 5.32 Å². The number of barbiturate groups is 1. The Morgan fingerprint density at radius 2 is 1.68 bits per heavy atom. The third-order valence-electron chi connectivity index (χ3n) is 3.43. The number of rotatable bonds is 2. The summed E-state index contributed by atoms with van der Waals surface area (Å²) in [5.74, 6) is -1.03. The average molecular weight is 260 g/mol. The van der Waals surface area contributed by atoms with Crippen LogP contribution in [-0.2, 0) is 9.59 Å². The Balaban J connectivity index is 2.36. The number of hydrogen-bond donors (Lipinski definition) is 1. The summed E-state index contributed by atoms with van der Waals surface area (Å²) in [4.78, 5) is 37.0. The first-order valence-electron chi connectivity index (χ1n) is 6.09. The van der Waals surface area contributed by atoms with Gasteiger partial charge in [0.1, 0.15) is 5.41 Å². The second-order valence-electron chi connectivity index (χ2n) is 5.15. The van der Waals surface area contributed by atoms with Crippen molar-refractivity contribution in [2.24, 2.45) is 5.41 Å². The molecule has 1 unspecified atom stereocenters. The van der Waals surface area contributed by atoms with Crippen LogP contribution in [0.15, 0.2) is 30.3 Å². The number of amides is 4. The van der Waals surface area contributed by atoms with E-state index in [1.807, 2.05) is 30.3 Å². The number of hydrogen-bond acceptors (Lipinski definition) is 3. The molecule has 19 heavy (non-hydrogen) atoms. The van der Waals surface area contributed by atoms with Crippen molar-refractivity contribution in [2.75, 3.05) is 0 Å². The SMILES string of the molecule is CC(c1ccccc1)N1C(=O)NC(=O)C(C)(C)C1=O. The quantitative estimate of drug-likeness (QED) is 0.825. The Morgan fingerprint density at radius 1 is 1.11 bits per heavy atom. The highest BCUT2D eigenvalue weighted by atomic mass is 16.2. The van der Waals surface area contributed by atoms with Crippen LogP contribution in [0, 0.1) is 5.41 Å².